The van der Waals surface area contributed by atoms with E-state index in [9.17, 15) is 5.11 Å². The van der Waals surface area contributed by atoms with Gasteiger partial charge in [-0.3, -0.25) is 0 Å². The normalized spacial score (nSPS) is 16.2. The van der Waals surface area contributed by atoms with Gasteiger partial charge in [-0.1, -0.05) is 36.4 Å². The van der Waals surface area contributed by atoms with Gasteiger partial charge in [-0.2, -0.15) is 0 Å². The highest BCUT2D eigenvalue weighted by atomic mass is 32.2. The summed E-state index contributed by atoms with van der Waals surface area (Å²) in [5.41, 5.74) is 4.14. The molecule has 1 N–H and O–H groups in total. The molecular formula is C24H25NO2S. The van der Waals surface area contributed by atoms with Crippen molar-refractivity contribution in [2.75, 3.05) is 7.11 Å². The Morgan fingerprint density at radius 1 is 1.07 bits per heavy atom. The van der Waals surface area contributed by atoms with Crippen molar-refractivity contribution in [1.82, 2.24) is 4.57 Å². The van der Waals surface area contributed by atoms with Crippen LogP contribution in [0.2, 0.25) is 0 Å². The Hall–Kier alpha value is -2.43. The maximum Gasteiger partial charge on any atom is 0.120 e. The van der Waals surface area contributed by atoms with Crippen LogP contribution in [0.15, 0.2) is 77.8 Å². The van der Waals surface area contributed by atoms with Crippen LogP contribution in [0.3, 0.4) is 0 Å². The van der Waals surface area contributed by atoms with Crippen LogP contribution in [-0.2, 0) is 6.54 Å². The number of aromatic nitrogens is 1. The van der Waals surface area contributed by atoms with Crippen LogP contribution in [0.25, 0.3) is 5.57 Å². The first-order valence-electron chi connectivity index (χ1n) is 9.44. The zero-order chi connectivity index (χ0) is 19.7. The summed E-state index contributed by atoms with van der Waals surface area (Å²) in [6, 6.07) is 20.4. The third kappa shape index (κ3) is 3.75. The fourth-order valence-corrected chi connectivity index (χ4v) is 4.93. The number of ether oxygens (including phenoxy) is 1. The van der Waals surface area contributed by atoms with Crippen LogP contribution in [0, 0.1) is 0 Å². The van der Waals surface area contributed by atoms with Gasteiger partial charge >= 0.3 is 0 Å². The summed E-state index contributed by atoms with van der Waals surface area (Å²) in [7, 11) is 1.68. The molecule has 2 aromatic carbocycles. The van der Waals surface area contributed by atoms with Crippen LogP contribution in [-0.4, -0.2) is 21.5 Å². The van der Waals surface area contributed by atoms with Gasteiger partial charge in [0.15, 0.2) is 0 Å². The molecule has 0 saturated carbocycles. The van der Waals surface area contributed by atoms with Crippen molar-refractivity contribution in [2.24, 2.45) is 0 Å². The molecule has 4 rings (SSSR count). The number of hydrogen-bond donors (Lipinski definition) is 1. The molecule has 0 amide bonds. The Kier molecular flexibility index (Phi) is 5.09. The highest BCUT2D eigenvalue weighted by molar-refractivity contribution is 8.01. The van der Waals surface area contributed by atoms with Crippen molar-refractivity contribution < 1.29 is 9.84 Å². The largest absolute Gasteiger partial charge is 0.497 e. The average molecular weight is 392 g/mol. The third-order valence-corrected chi connectivity index (χ3v) is 6.21. The molecule has 0 fully saturated rings. The molecule has 144 valence electrons. The van der Waals surface area contributed by atoms with E-state index in [0.29, 0.717) is 0 Å². The molecule has 0 bridgehead atoms. The minimum Gasteiger partial charge on any atom is -0.497 e. The summed E-state index contributed by atoms with van der Waals surface area (Å²) >= 11 is 1.79. The van der Waals surface area contributed by atoms with E-state index in [2.05, 4.69) is 48.8 Å². The Bertz CT molecular complexity index is 1000. The molecule has 1 aromatic heterocycles. The second-order valence-corrected chi connectivity index (χ2v) is 9.31. The topological polar surface area (TPSA) is 34.4 Å². The third-order valence-electron chi connectivity index (χ3n) is 5.01. The van der Waals surface area contributed by atoms with Crippen LogP contribution in [0.4, 0.5) is 0 Å². The van der Waals surface area contributed by atoms with Gasteiger partial charge in [-0.05, 0) is 60.9 Å². The Morgan fingerprint density at radius 3 is 2.61 bits per heavy atom. The molecule has 0 aliphatic carbocycles. The fourth-order valence-electron chi connectivity index (χ4n) is 3.70. The molecule has 3 nitrogen and oxygen atoms in total. The number of rotatable bonds is 5. The minimum absolute atomic E-state index is 0.105. The molecule has 4 heteroatoms. The van der Waals surface area contributed by atoms with E-state index < -0.39 is 6.10 Å². The Labute approximate surface area is 170 Å². The zero-order valence-electron chi connectivity index (χ0n) is 16.4. The van der Waals surface area contributed by atoms with Gasteiger partial charge in [-0.15, -0.1) is 11.8 Å². The van der Waals surface area contributed by atoms with Gasteiger partial charge in [0, 0.05) is 22.4 Å². The molecule has 28 heavy (non-hydrogen) atoms. The molecule has 0 radical (unpaired) electrons. The number of fused-ring (bicyclic) bond motifs is 1. The van der Waals surface area contributed by atoms with Gasteiger partial charge in [0.25, 0.3) is 0 Å². The molecule has 0 saturated heterocycles. The van der Waals surface area contributed by atoms with Crippen molar-refractivity contribution in [3.05, 3.63) is 89.8 Å². The number of hydrogen-bond acceptors (Lipinski definition) is 3. The Morgan fingerprint density at radius 2 is 1.86 bits per heavy atom. The standard InChI is InChI=1S/C24H25NO2S/c1-24(2)15-20(19-12-11-18(27-3)14-22(19)28-24)23(26)21-10-7-13-25(21)16-17-8-5-4-6-9-17/h4-15,23,26H,16H2,1-3H3. The smallest absolute Gasteiger partial charge is 0.120 e. The zero-order valence-corrected chi connectivity index (χ0v) is 17.2. The van der Waals surface area contributed by atoms with Crippen molar-refractivity contribution in [1.29, 1.82) is 0 Å². The second kappa shape index (κ2) is 7.53. The summed E-state index contributed by atoms with van der Waals surface area (Å²) in [5.74, 6) is 0.838. The SMILES string of the molecule is COc1ccc2c(c1)SC(C)(C)C=C2C(O)c1cccn1Cc1ccccc1. The van der Waals surface area contributed by atoms with Crippen LogP contribution < -0.4 is 4.74 Å². The lowest BCUT2D eigenvalue weighted by Gasteiger charge is -2.31. The number of thioether (sulfide) groups is 1. The molecule has 1 aliphatic heterocycles. The lowest BCUT2D eigenvalue weighted by Crippen LogP contribution is -2.19. The lowest BCUT2D eigenvalue weighted by molar-refractivity contribution is 0.227. The highest BCUT2D eigenvalue weighted by Crippen LogP contribution is 2.48. The molecule has 0 spiro atoms. The van der Waals surface area contributed by atoms with E-state index in [4.69, 9.17) is 4.74 Å². The van der Waals surface area contributed by atoms with Crippen molar-refractivity contribution >= 4 is 17.3 Å². The maximum absolute atomic E-state index is 11.4. The fraction of sp³-hybridized carbons (Fsp3) is 0.250. The van der Waals surface area contributed by atoms with Gasteiger partial charge in [0.05, 0.1) is 12.8 Å². The number of benzene rings is 2. The van der Waals surface area contributed by atoms with Crippen LogP contribution in [0.1, 0.15) is 36.8 Å². The maximum atomic E-state index is 11.4. The summed E-state index contributed by atoms with van der Waals surface area (Å²) in [4.78, 5) is 1.14. The van der Waals surface area contributed by atoms with E-state index >= 15 is 0 Å². The molecule has 3 aromatic rings. The molecule has 2 heterocycles. The van der Waals surface area contributed by atoms with Crippen molar-refractivity contribution in [3.8, 4) is 5.75 Å². The number of methoxy groups -OCH3 is 1. The van der Waals surface area contributed by atoms with Crippen LogP contribution >= 0.6 is 11.8 Å². The quantitative estimate of drug-likeness (QED) is 0.619. The molecular weight excluding hydrogens is 366 g/mol. The van der Waals surface area contributed by atoms with E-state index in [1.165, 1.54) is 5.56 Å². The van der Waals surface area contributed by atoms with Gasteiger partial charge < -0.3 is 14.4 Å². The monoisotopic (exact) mass is 391 g/mol. The van der Waals surface area contributed by atoms with Gasteiger partial charge in [-0.25, -0.2) is 0 Å². The first kappa shape index (κ1) is 18.9. The second-order valence-electron chi connectivity index (χ2n) is 7.62. The predicted octanol–water partition coefficient (Wildman–Crippen LogP) is 5.55. The van der Waals surface area contributed by atoms with E-state index in [1.807, 2.05) is 42.6 Å². The Balaban J connectivity index is 1.71. The number of aliphatic hydroxyl groups is 1. The van der Waals surface area contributed by atoms with Crippen molar-refractivity contribution in [2.45, 2.75) is 36.1 Å². The summed E-state index contributed by atoms with van der Waals surface area (Å²) in [6.07, 6.45) is 3.53. The number of nitrogens with zero attached hydrogens (tertiary/aromatic N) is 1. The number of aliphatic hydroxyl groups excluding tert-OH is 1. The van der Waals surface area contributed by atoms with E-state index in [-0.39, 0.29) is 4.75 Å². The summed E-state index contributed by atoms with van der Waals surface area (Å²) < 4.78 is 7.42. The predicted molar refractivity (Wildman–Crippen MR) is 116 cm³/mol. The average Bonchev–Trinajstić information content (AvgIpc) is 3.14. The first-order chi connectivity index (χ1) is 13.5. The van der Waals surface area contributed by atoms with Gasteiger partial charge in [0.2, 0.25) is 0 Å². The van der Waals surface area contributed by atoms with Gasteiger partial charge in [0.1, 0.15) is 11.9 Å². The van der Waals surface area contributed by atoms with Crippen molar-refractivity contribution in [3.63, 3.8) is 0 Å². The summed E-state index contributed by atoms with van der Waals surface area (Å²) in [5, 5.41) is 11.4. The first-order valence-corrected chi connectivity index (χ1v) is 10.3. The van der Waals surface area contributed by atoms with E-state index in [0.717, 1.165) is 34.0 Å². The molecule has 1 unspecified atom stereocenters. The summed E-state index contributed by atoms with van der Waals surface area (Å²) in [6.45, 7) is 5.09. The highest BCUT2D eigenvalue weighted by Gasteiger charge is 2.31. The van der Waals surface area contributed by atoms with Crippen LogP contribution in [0.5, 0.6) is 5.75 Å². The minimum atomic E-state index is -0.689. The lowest BCUT2D eigenvalue weighted by atomic mass is 9.93. The van der Waals surface area contributed by atoms with E-state index in [1.54, 1.807) is 18.9 Å². The molecule has 1 aliphatic rings. The molecule has 1 atom stereocenters.